The monoisotopic (exact) mass is 482 g/mol. The number of carbonyl (C=O) groups is 1. The lowest BCUT2D eigenvalue weighted by molar-refractivity contribution is -0.137. The molecule has 0 bridgehead atoms. The first-order valence-electron chi connectivity index (χ1n) is 8.99. The Morgan fingerprint density at radius 3 is 2.50 bits per heavy atom. The molecule has 0 aliphatic carbocycles. The van der Waals surface area contributed by atoms with Crippen LogP contribution in [0.15, 0.2) is 65.8 Å². The van der Waals surface area contributed by atoms with Gasteiger partial charge in [-0.3, -0.25) is 5.43 Å². The highest BCUT2D eigenvalue weighted by molar-refractivity contribution is 6.36. The van der Waals surface area contributed by atoms with Gasteiger partial charge in [-0.1, -0.05) is 29.3 Å². The Kier molecular flexibility index (Phi) is 7.27. The fourth-order valence-electron chi connectivity index (χ4n) is 2.61. The molecule has 0 heterocycles. The topological polar surface area (TPSA) is 59.9 Å². The van der Waals surface area contributed by atoms with E-state index in [1.165, 1.54) is 49.7 Å². The van der Waals surface area contributed by atoms with Crippen LogP contribution in [-0.4, -0.2) is 19.3 Å². The lowest BCUT2D eigenvalue weighted by atomic mass is 10.2. The van der Waals surface area contributed by atoms with E-state index in [1.54, 1.807) is 12.1 Å². The van der Waals surface area contributed by atoms with Crippen LogP contribution in [0.25, 0.3) is 0 Å². The van der Waals surface area contributed by atoms with Crippen molar-refractivity contribution in [2.24, 2.45) is 5.10 Å². The van der Waals surface area contributed by atoms with Gasteiger partial charge in [0.1, 0.15) is 0 Å². The summed E-state index contributed by atoms with van der Waals surface area (Å²) >= 11 is 11.9. The molecule has 0 aliphatic heterocycles. The molecule has 0 unspecified atom stereocenters. The number of hydrogen-bond donors (Lipinski definition) is 1. The number of halogens is 5. The third-order valence-corrected chi connectivity index (χ3v) is 4.69. The molecule has 32 heavy (non-hydrogen) atoms. The molecule has 0 saturated heterocycles. The van der Waals surface area contributed by atoms with Gasteiger partial charge in [0.05, 0.1) is 35.2 Å². The van der Waals surface area contributed by atoms with Gasteiger partial charge in [-0.05, 0) is 60.2 Å². The Labute approximate surface area is 191 Å². The van der Waals surface area contributed by atoms with Crippen molar-refractivity contribution in [2.45, 2.75) is 6.18 Å². The van der Waals surface area contributed by atoms with Gasteiger partial charge < -0.3 is 9.47 Å². The van der Waals surface area contributed by atoms with E-state index >= 15 is 0 Å². The summed E-state index contributed by atoms with van der Waals surface area (Å²) in [6, 6.07) is 13.7. The van der Waals surface area contributed by atoms with E-state index in [9.17, 15) is 18.0 Å². The van der Waals surface area contributed by atoms with E-state index in [4.69, 9.17) is 32.7 Å². The summed E-state index contributed by atoms with van der Waals surface area (Å²) < 4.78 is 49.0. The van der Waals surface area contributed by atoms with Gasteiger partial charge in [0.15, 0.2) is 11.5 Å². The highest BCUT2D eigenvalue weighted by Crippen LogP contribution is 2.31. The predicted molar refractivity (Wildman–Crippen MR) is 117 cm³/mol. The SMILES string of the molecule is COc1cc(C=NNc2cccc(C(F)(F)F)c2)ccc1OC(=O)c1ccc(Cl)cc1Cl. The summed E-state index contributed by atoms with van der Waals surface area (Å²) in [6.45, 7) is 0. The molecule has 0 aromatic heterocycles. The molecule has 0 fully saturated rings. The maximum Gasteiger partial charge on any atom is 0.416 e. The van der Waals surface area contributed by atoms with Crippen molar-refractivity contribution in [1.29, 1.82) is 0 Å². The number of hydrogen-bond acceptors (Lipinski definition) is 5. The number of alkyl halides is 3. The van der Waals surface area contributed by atoms with Crippen molar-refractivity contribution < 1.29 is 27.4 Å². The number of benzene rings is 3. The van der Waals surface area contributed by atoms with Crippen molar-refractivity contribution in [3.05, 3.63) is 87.4 Å². The number of rotatable bonds is 6. The van der Waals surface area contributed by atoms with Crippen LogP contribution in [0.1, 0.15) is 21.5 Å². The second-order valence-corrected chi connectivity index (χ2v) is 7.22. The van der Waals surface area contributed by atoms with Gasteiger partial charge in [0, 0.05) is 5.02 Å². The number of nitrogens with zero attached hydrogens (tertiary/aromatic N) is 1. The lowest BCUT2D eigenvalue weighted by Crippen LogP contribution is -2.10. The molecule has 0 atom stereocenters. The number of anilines is 1. The zero-order valence-electron chi connectivity index (χ0n) is 16.4. The molecule has 3 aromatic carbocycles. The van der Waals surface area contributed by atoms with Crippen LogP contribution in [0, 0.1) is 0 Å². The van der Waals surface area contributed by atoms with Gasteiger partial charge in [0.2, 0.25) is 0 Å². The van der Waals surface area contributed by atoms with Gasteiger partial charge in [-0.15, -0.1) is 0 Å². The van der Waals surface area contributed by atoms with E-state index < -0.39 is 17.7 Å². The molecule has 166 valence electrons. The molecule has 1 N–H and O–H groups in total. The molecule has 10 heteroatoms. The highest BCUT2D eigenvalue weighted by atomic mass is 35.5. The number of carbonyl (C=O) groups excluding carboxylic acids is 1. The fourth-order valence-corrected chi connectivity index (χ4v) is 3.09. The Balaban J connectivity index is 1.72. The third kappa shape index (κ3) is 5.93. The van der Waals surface area contributed by atoms with Crippen molar-refractivity contribution in [3.8, 4) is 11.5 Å². The minimum Gasteiger partial charge on any atom is -0.493 e. The van der Waals surface area contributed by atoms with Gasteiger partial charge in [-0.2, -0.15) is 18.3 Å². The van der Waals surface area contributed by atoms with E-state index in [-0.39, 0.29) is 27.8 Å². The minimum absolute atomic E-state index is 0.133. The van der Waals surface area contributed by atoms with Crippen LogP contribution in [0.2, 0.25) is 10.0 Å². The number of methoxy groups -OCH3 is 1. The molecule has 0 spiro atoms. The average Bonchev–Trinajstić information content (AvgIpc) is 2.74. The molecule has 0 amide bonds. The normalized spacial score (nSPS) is 11.4. The summed E-state index contributed by atoms with van der Waals surface area (Å²) in [7, 11) is 1.39. The zero-order chi connectivity index (χ0) is 23.3. The van der Waals surface area contributed by atoms with E-state index in [0.29, 0.717) is 10.6 Å². The van der Waals surface area contributed by atoms with Crippen LogP contribution >= 0.6 is 23.2 Å². The van der Waals surface area contributed by atoms with Gasteiger partial charge in [0.25, 0.3) is 0 Å². The smallest absolute Gasteiger partial charge is 0.416 e. The average molecular weight is 483 g/mol. The Morgan fingerprint density at radius 2 is 1.81 bits per heavy atom. The predicted octanol–water partition coefficient (Wildman–Crippen LogP) is 6.69. The summed E-state index contributed by atoms with van der Waals surface area (Å²) in [5.74, 6) is -0.310. The molecule has 0 aliphatic rings. The number of ether oxygens (including phenoxy) is 2. The standard InChI is InChI=1S/C22H15Cl2F3N2O3/c1-31-20-9-13(12-28-29-16-4-2-3-14(10-16)22(25,26)27)5-8-19(20)32-21(30)17-7-6-15(23)11-18(17)24/h2-12,29H,1H3. The summed E-state index contributed by atoms with van der Waals surface area (Å²) in [5, 5.41) is 4.46. The second kappa shape index (κ2) is 9.93. The number of nitrogens with one attached hydrogen (secondary N) is 1. The quantitative estimate of drug-likeness (QED) is 0.184. The summed E-state index contributed by atoms with van der Waals surface area (Å²) in [5.41, 5.74) is 2.61. The van der Waals surface area contributed by atoms with Crippen LogP contribution in [0.3, 0.4) is 0 Å². The maximum atomic E-state index is 12.8. The molecule has 3 aromatic rings. The first kappa shape index (κ1) is 23.4. The van der Waals surface area contributed by atoms with E-state index in [2.05, 4.69) is 10.5 Å². The number of hydrazone groups is 1. The van der Waals surface area contributed by atoms with Crippen LogP contribution < -0.4 is 14.9 Å². The van der Waals surface area contributed by atoms with Gasteiger partial charge in [-0.25, -0.2) is 4.79 Å². The third-order valence-electron chi connectivity index (χ3n) is 4.14. The van der Waals surface area contributed by atoms with E-state index in [1.807, 2.05) is 0 Å². The van der Waals surface area contributed by atoms with Crippen molar-refractivity contribution in [3.63, 3.8) is 0 Å². The highest BCUT2D eigenvalue weighted by Gasteiger charge is 2.30. The van der Waals surface area contributed by atoms with Crippen LogP contribution in [-0.2, 0) is 6.18 Å². The van der Waals surface area contributed by atoms with Crippen molar-refractivity contribution >= 4 is 41.1 Å². The first-order chi connectivity index (χ1) is 15.2. The van der Waals surface area contributed by atoms with Gasteiger partial charge >= 0.3 is 12.1 Å². The lowest BCUT2D eigenvalue weighted by Gasteiger charge is -2.11. The number of esters is 1. The molecular weight excluding hydrogens is 468 g/mol. The largest absolute Gasteiger partial charge is 0.493 e. The summed E-state index contributed by atoms with van der Waals surface area (Å²) in [4.78, 5) is 12.4. The van der Waals surface area contributed by atoms with Crippen LogP contribution in [0.5, 0.6) is 11.5 Å². The zero-order valence-corrected chi connectivity index (χ0v) is 17.9. The van der Waals surface area contributed by atoms with E-state index in [0.717, 1.165) is 12.1 Å². The molecule has 0 saturated carbocycles. The fraction of sp³-hybridized carbons (Fsp3) is 0.0909. The maximum absolute atomic E-state index is 12.8. The molecular formula is C22H15Cl2F3N2O3. The summed E-state index contributed by atoms with van der Waals surface area (Å²) in [6.07, 6.45) is -3.07. The molecule has 0 radical (unpaired) electrons. The van der Waals surface area contributed by atoms with Crippen LogP contribution in [0.4, 0.5) is 18.9 Å². The van der Waals surface area contributed by atoms with Crippen molar-refractivity contribution in [1.82, 2.24) is 0 Å². The minimum atomic E-state index is -4.45. The van der Waals surface area contributed by atoms with Crippen molar-refractivity contribution in [2.75, 3.05) is 12.5 Å². The molecule has 5 nitrogen and oxygen atoms in total. The Morgan fingerprint density at radius 1 is 1.03 bits per heavy atom. The Bertz CT molecular complexity index is 1170. The molecule has 3 rings (SSSR count). The first-order valence-corrected chi connectivity index (χ1v) is 9.74. The Hall–Kier alpha value is -3.23. The second-order valence-electron chi connectivity index (χ2n) is 6.37.